The van der Waals surface area contributed by atoms with Crippen molar-refractivity contribution in [3.8, 4) is 0 Å². The van der Waals surface area contributed by atoms with Crippen LogP contribution < -0.4 is 0 Å². The average Bonchev–Trinajstić information content (AvgIpc) is 2.29. The third-order valence-electron chi connectivity index (χ3n) is 2.18. The zero-order valence-corrected chi connectivity index (χ0v) is 8.74. The van der Waals surface area contributed by atoms with Crippen LogP contribution in [0.2, 0.25) is 0 Å². The minimum Gasteiger partial charge on any atom is -0.462 e. The van der Waals surface area contributed by atoms with Crippen molar-refractivity contribution in [2.45, 2.75) is 6.92 Å². The molecule has 0 saturated carbocycles. The molecule has 0 atom stereocenters. The van der Waals surface area contributed by atoms with Crippen LogP contribution in [0.25, 0.3) is 10.9 Å². The van der Waals surface area contributed by atoms with Crippen molar-refractivity contribution in [1.29, 1.82) is 0 Å². The zero-order chi connectivity index (χ0) is 11.5. The fourth-order valence-electron chi connectivity index (χ4n) is 1.44. The van der Waals surface area contributed by atoms with E-state index in [1.165, 1.54) is 18.3 Å². The number of nitrogens with zero attached hydrogens (tertiary/aromatic N) is 1. The quantitative estimate of drug-likeness (QED) is 0.728. The fourth-order valence-corrected chi connectivity index (χ4v) is 1.44. The Hall–Kier alpha value is -1.97. The van der Waals surface area contributed by atoms with E-state index in [0.29, 0.717) is 10.9 Å². The summed E-state index contributed by atoms with van der Waals surface area (Å²) in [6.45, 7) is 2.00. The summed E-state index contributed by atoms with van der Waals surface area (Å²) < 4.78 is 18.2. The first-order valence-electron chi connectivity index (χ1n) is 4.93. The van der Waals surface area contributed by atoms with Gasteiger partial charge in [-0.2, -0.15) is 0 Å². The van der Waals surface area contributed by atoms with Crippen LogP contribution in [0, 0.1) is 5.82 Å². The van der Waals surface area contributed by atoms with Crippen LogP contribution in [0.1, 0.15) is 17.3 Å². The van der Waals surface area contributed by atoms with E-state index in [-0.39, 0.29) is 12.2 Å². The smallest absolute Gasteiger partial charge is 0.339 e. The molecule has 2 rings (SSSR count). The van der Waals surface area contributed by atoms with Crippen LogP contribution in [0.4, 0.5) is 4.39 Å². The summed E-state index contributed by atoms with van der Waals surface area (Å²) in [5.74, 6) is -0.878. The summed E-state index contributed by atoms with van der Waals surface area (Å²) >= 11 is 0. The molecule has 16 heavy (non-hydrogen) atoms. The summed E-state index contributed by atoms with van der Waals surface area (Å²) in [5, 5.41) is 0.327. The van der Waals surface area contributed by atoms with Gasteiger partial charge in [-0.3, -0.25) is 4.98 Å². The predicted octanol–water partition coefficient (Wildman–Crippen LogP) is 2.55. The van der Waals surface area contributed by atoms with Gasteiger partial charge in [0.05, 0.1) is 17.7 Å². The lowest BCUT2D eigenvalue weighted by atomic mass is 10.1. The van der Waals surface area contributed by atoms with Crippen LogP contribution in [-0.4, -0.2) is 17.6 Å². The molecular weight excluding hydrogens is 209 g/mol. The highest BCUT2D eigenvalue weighted by atomic mass is 19.1. The number of hydrogen-bond donors (Lipinski definition) is 0. The molecule has 0 radical (unpaired) electrons. The number of ether oxygens (including phenoxy) is 1. The SMILES string of the molecule is CCOC(=O)c1cnc2cccc(F)c2c1. The molecule has 0 saturated heterocycles. The highest BCUT2D eigenvalue weighted by Gasteiger charge is 2.09. The van der Waals surface area contributed by atoms with Gasteiger partial charge in [0.25, 0.3) is 0 Å². The Morgan fingerprint density at radius 1 is 1.50 bits per heavy atom. The van der Waals surface area contributed by atoms with Gasteiger partial charge >= 0.3 is 5.97 Å². The van der Waals surface area contributed by atoms with Gasteiger partial charge in [0.2, 0.25) is 0 Å². The summed E-state index contributed by atoms with van der Waals surface area (Å²) in [5.41, 5.74) is 0.785. The van der Waals surface area contributed by atoms with Crippen molar-refractivity contribution in [2.75, 3.05) is 6.61 Å². The van der Waals surface area contributed by atoms with E-state index in [1.807, 2.05) is 0 Å². The second-order valence-corrected chi connectivity index (χ2v) is 3.25. The Balaban J connectivity index is 2.51. The molecule has 2 aromatic rings. The molecule has 82 valence electrons. The first kappa shape index (κ1) is 10.5. The highest BCUT2D eigenvalue weighted by molar-refractivity contribution is 5.93. The molecule has 0 spiro atoms. The van der Waals surface area contributed by atoms with Crippen molar-refractivity contribution >= 4 is 16.9 Å². The maximum atomic E-state index is 13.4. The number of carbonyl (C=O) groups is 1. The number of fused-ring (bicyclic) bond motifs is 1. The Morgan fingerprint density at radius 2 is 2.31 bits per heavy atom. The molecule has 0 fully saturated rings. The molecule has 0 aliphatic rings. The van der Waals surface area contributed by atoms with Crippen LogP contribution in [0.5, 0.6) is 0 Å². The van der Waals surface area contributed by atoms with Crippen molar-refractivity contribution in [2.24, 2.45) is 0 Å². The largest absolute Gasteiger partial charge is 0.462 e. The number of hydrogen-bond acceptors (Lipinski definition) is 3. The fraction of sp³-hybridized carbons (Fsp3) is 0.167. The minimum absolute atomic E-state index is 0.263. The van der Waals surface area contributed by atoms with Crippen LogP contribution in [0.15, 0.2) is 30.5 Å². The standard InChI is InChI=1S/C12H10FNO2/c1-2-16-12(15)8-6-9-10(13)4-3-5-11(9)14-7-8/h3-7H,2H2,1H3. The van der Waals surface area contributed by atoms with Gasteiger partial charge in [0.1, 0.15) is 5.82 Å². The zero-order valence-electron chi connectivity index (χ0n) is 8.74. The molecule has 0 unspecified atom stereocenters. The van der Waals surface area contributed by atoms with Gasteiger partial charge in [-0.15, -0.1) is 0 Å². The Kier molecular flexibility index (Phi) is 2.81. The molecule has 0 amide bonds. The maximum absolute atomic E-state index is 13.4. The topological polar surface area (TPSA) is 39.2 Å². The third-order valence-corrected chi connectivity index (χ3v) is 2.18. The second kappa shape index (κ2) is 4.26. The Labute approximate surface area is 91.9 Å². The summed E-state index contributed by atoms with van der Waals surface area (Å²) in [6, 6.07) is 6.05. The molecule has 1 heterocycles. The van der Waals surface area contributed by atoms with E-state index in [4.69, 9.17) is 4.74 Å². The maximum Gasteiger partial charge on any atom is 0.339 e. The minimum atomic E-state index is -0.486. The summed E-state index contributed by atoms with van der Waals surface area (Å²) in [7, 11) is 0. The molecular formula is C12H10FNO2. The van der Waals surface area contributed by atoms with Crippen molar-refractivity contribution in [3.05, 3.63) is 41.8 Å². The van der Waals surface area contributed by atoms with E-state index in [0.717, 1.165) is 0 Å². The normalized spacial score (nSPS) is 10.4. The van der Waals surface area contributed by atoms with Crippen LogP contribution in [0.3, 0.4) is 0 Å². The lowest BCUT2D eigenvalue weighted by molar-refractivity contribution is 0.0526. The van der Waals surface area contributed by atoms with Gasteiger partial charge in [0, 0.05) is 11.6 Å². The van der Waals surface area contributed by atoms with Crippen LogP contribution >= 0.6 is 0 Å². The number of pyridine rings is 1. The van der Waals surface area contributed by atoms with Gasteiger partial charge in [0.15, 0.2) is 0 Å². The lowest BCUT2D eigenvalue weighted by Crippen LogP contribution is -2.05. The predicted molar refractivity (Wildman–Crippen MR) is 57.7 cm³/mol. The van der Waals surface area contributed by atoms with Gasteiger partial charge in [-0.05, 0) is 25.1 Å². The van der Waals surface area contributed by atoms with Gasteiger partial charge < -0.3 is 4.74 Å². The highest BCUT2D eigenvalue weighted by Crippen LogP contribution is 2.17. The molecule has 0 aliphatic heterocycles. The van der Waals surface area contributed by atoms with E-state index in [9.17, 15) is 9.18 Å². The van der Waals surface area contributed by atoms with Crippen molar-refractivity contribution in [1.82, 2.24) is 4.98 Å². The summed E-state index contributed by atoms with van der Waals surface area (Å²) in [6.07, 6.45) is 1.39. The molecule has 4 heteroatoms. The number of carbonyl (C=O) groups excluding carboxylic acids is 1. The molecule has 0 bridgehead atoms. The molecule has 0 aliphatic carbocycles. The average molecular weight is 219 g/mol. The number of aromatic nitrogens is 1. The van der Waals surface area contributed by atoms with Crippen LogP contribution in [-0.2, 0) is 4.74 Å². The molecule has 1 aromatic heterocycles. The summed E-state index contributed by atoms with van der Waals surface area (Å²) in [4.78, 5) is 15.4. The van der Waals surface area contributed by atoms with Gasteiger partial charge in [-0.25, -0.2) is 9.18 Å². The molecule has 0 N–H and O–H groups in total. The van der Waals surface area contributed by atoms with E-state index < -0.39 is 11.8 Å². The Morgan fingerprint density at radius 3 is 3.06 bits per heavy atom. The first-order chi connectivity index (χ1) is 7.72. The molecule has 3 nitrogen and oxygen atoms in total. The lowest BCUT2D eigenvalue weighted by Gasteiger charge is -2.03. The number of benzene rings is 1. The first-order valence-corrected chi connectivity index (χ1v) is 4.93. The number of halogens is 1. The second-order valence-electron chi connectivity index (χ2n) is 3.25. The number of rotatable bonds is 2. The van der Waals surface area contributed by atoms with Crippen molar-refractivity contribution < 1.29 is 13.9 Å². The third kappa shape index (κ3) is 1.86. The molecule has 1 aromatic carbocycles. The van der Waals surface area contributed by atoms with E-state index >= 15 is 0 Å². The Bertz CT molecular complexity index is 540. The monoisotopic (exact) mass is 219 g/mol. The van der Waals surface area contributed by atoms with Crippen molar-refractivity contribution in [3.63, 3.8) is 0 Å². The number of esters is 1. The van der Waals surface area contributed by atoms with E-state index in [1.54, 1.807) is 19.1 Å². The van der Waals surface area contributed by atoms with Gasteiger partial charge in [-0.1, -0.05) is 6.07 Å². The van der Waals surface area contributed by atoms with E-state index in [2.05, 4.69) is 4.98 Å².